The first kappa shape index (κ1) is 23.0. The number of para-hydroxylation sites is 1. The molecule has 1 atom stereocenters. The first-order valence-corrected chi connectivity index (χ1v) is 8.02. The molecule has 1 saturated heterocycles. The first-order valence-electron chi connectivity index (χ1n) is 8.02. The van der Waals surface area contributed by atoms with Crippen LogP contribution in [-0.2, 0) is 4.79 Å². The maximum atomic E-state index is 12.1. The van der Waals surface area contributed by atoms with Gasteiger partial charge in [0.05, 0.1) is 19.7 Å². The lowest BCUT2D eigenvalue weighted by atomic mass is 10.0. The van der Waals surface area contributed by atoms with Gasteiger partial charge in [-0.15, -0.1) is 12.4 Å². The minimum Gasteiger partial charge on any atom is -0.496 e. The van der Waals surface area contributed by atoms with E-state index in [0.717, 1.165) is 5.56 Å². The van der Waals surface area contributed by atoms with Gasteiger partial charge < -0.3 is 15.4 Å². The fourth-order valence-electron chi connectivity index (χ4n) is 2.76. The third-order valence-corrected chi connectivity index (χ3v) is 3.90. The van der Waals surface area contributed by atoms with Crippen molar-refractivity contribution in [1.82, 2.24) is 20.9 Å². The van der Waals surface area contributed by atoms with Crippen LogP contribution in [0.25, 0.3) is 0 Å². The van der Waals surface area contributed by atoms with Gasteiger partial charge in [0.1, 0.15) is 12.3 Å². The van der Waals surface area contributed by atoms with E-state index in [0.29, 0.717) is 25.4 Å². The zero-order valence-electron chi connectivity index (χ0n) is 14.6. The summed E-state index contributed by atoms with van der Waals surface area (Å²) >= 11 is 0. The molecule has 152 valence electrons. The summed E-state index contributed by atoms with van der Waals surface area (Å²) in [6, 6.07) is 6.06. The number of urea groups is 1. The largest absolute Gasteiger partial charge is 0.496 e. The number of ether oxygens (including phenoxy) is 1. The van der Waals surface area contributed by atoms with Crippen molar-refractivity contribution < 1.29 is 27.5 Å². The maximum Gasteiger partial charge on any atom is 0.405 e. The highest BCUT2D eigenvalue weighted by Gasteiger charge is 2.30. The molecule has 0 radical (unpaired) electrons. The number of nitrogens with zero attached hydrogens (tertiary/aromatic N) is 1. The van der Waals surface area contributed by atoms with Crippen molar-refractivity contribution in [3.63, 3.8) is 0 Å². The minimum atomic E-state index is -4.53. The van der Waals surface area contributed by atoms with Crippen LogP contribution in [0.1, 0.15) is 11.6 Å². The number of piperazine rings is 1. The highest BCUT2D eigenvalue weighted by atomic mass is 35.5. The van der Waals surface area contributed by atoms with E-state index in [-0.39, 0.29) is 25.0 Å². The Balaban J connectivity index is 0.00000364. The number of rotatable bonds is 5. The molecule has 1 aromatic carbocycles. The monoisotopic (exact) mass is 410 g/mol. The molecular weight excluding hydrogens is 389 g/mol. The van der Waals surface area contributed by atoms with E-state index in [4.69, 9.17) is 4.74 Å². The van der Waals surface area contributed by atoms with E-state index in [1.165, 1.54) is 0 Å². The Hall–Kier alpha value is -2.04. The van der Waals surface area contributed by atoms with Gasteiger partial charge in [-0.1, -0.05) is 18.2 Å². The highest BCUT2D eigenvalue weighted by molar-refractivity contribution is 5.95. The number of carbonyl (C=O) groups is 2. The van der Waals surface area contributed by atoms with E-state index >= 15 is 0 Å². The lowest BCUT2D eigenvalue weighted by molar-refractivity contribution is -0.125. The number of hydrogen-bond acceptors (Lipinski definition) is 5. The van der Waals surface area contributed by atoms with Gasteiger partial charge >= 0.3 is 12.2 Å². The van der Waals surface area contributed by atoms with Gasteiger partial charge in [0.25, 0.3) is 0 Å². The zero-order valence-corrected chi connectivity index (χ0v) is 15.5. The molecule has 3 amide bonds. The first-order chi connectivity index (χ1) is 12.3. The van der Waals surface area contributed by atoms with Gasteiger partial charge in [-0.2, -0.15) is 13.2 Å². The van der Waals surface area contributed by atoms with Crippen molar-refractivity contribution >= 4 is 24.3 Å². The number of imide groups is 1. The molecule has 1 aliphatic heterocycles. The van der Waals surface area contributed by atoms with E-state index in [1.54, 1.807) is 12.4 Å². The second-order valence-corrected chi connectivity index (χ2v) is 5.78. The molecule has 1 unspecified atom stereocenters. The van der Waals surface area contributed by atoms with Gasteiger partial charge in [-0.05, 0) is 6.07 Å². The molecule has 3 N–H and O–H groups in total. The fraction of sp³-hybridized carbons (Fsp3) is 0.500. The van der Waals surface area contributed by atoms with Gasteiger partial charge in [-0.3, -0.25) is 15.0 Å². The van der Waals surface area contributed by atoms with Crippen molar-refractivity contribution in [2.24, 2.45) is 0 Å². The number of carbonyl (C=O) groups excluding carboxylic acids is 2. The average molecular weight is 411 g/mol. The summed E-state index contributed by atoms with van der Waals surface area (Å²) in [7, 11) is 1.55. The minimum absolute atomic E-state index is 0. The van der Waals surface area contributed by atoms with E-state index in [1.807, 2.05) is 34.5 Å². The Bertz CT molecular complexity index is 646. The third-order valence-electron chi connectivity index (χ3n) is 3.90. The molecule has 27 heavy (non-hydrogen) atoms. The van der Waals surface area contributed by atoms with Crippen molar-refractivity contribution in [3.8, 4) is 5.75 Å². The van der Waals surface area contributed by atoms with Crippen molar-refractivity contribution in [1.29, 1.82) is 0 Å². The number of halogens is 4. The predicted octanol–water partition coefficient (Wildman–Crippen LogP) is 1.45. The van der Waals surface area contributed by atoms with Crippen LogP contribution in [0.5, 0.6) is 5.75 Å². The summed E-state index contributed by atoms with van der Waals surface area (Å²) in [5.74, 6) is 0.000927. The van der Waals surface area contributed by atoms with Crippen LogP contribution < -0.4 is 20.7 Å². The van der Waals surface area contributed by atoms with Gasteiger partial charge in [-0.25, -0.2) is 4.79 Å². The SMILES string of the molecule is COc1ccccc1C1CNCCN1CC(=O)NC(=O)NCC(F)(F)F.Cl. The molecule has 1 fully saturated rings. The molecule has 1 aromatic rings. The Morgan fingerprint density at radius 2 is 2.04 bits per heavy atom. The predicted molar refractivity (Wildman–Crippen MR) is 95.0 cm³/mol. The van der Waals surface area contributed by atoms with E-state index in [9.17, 15) is 22.8 Å². The number of alkyl halides is 3. The smallest absolute Gasteiger partial charge is 0.405 e. The quantitative estimate of drug-likeness (QED) is 0.684. The standard InChI is InChI=1S/C16H21F3N4O3.ClH/c1-26-13-5-3-2-4-11(13)12-8-20-6-7-23(12)9-14(24)22-15(25)21-10-16(17,18)19;/h2-5,12,20H,6-10H2,1H3,(H2,21,22,24,25);1H. The number of amides is 3. The molecule has 1 heterocycles. The van der Waals surface area contributed by atoms with Gasteiger partial charge in [0.2, 0.25) is 5.91 Å². The van der Waals surface area contributed by atoms with Crippen LogP contribution in [-0.4, -0.2) is 62.8 Å². The number of benzene rings is 1. The molecule has 1 aliphatic rings. The number of nitrogens with one attached hydrogen (secondary N) is 3. The van der Waals surface area contributed by atoms with Crippen LogP contribution >= 0.6 is 12.4 Å². The molecule has 2 rings (SSSR count). The molecule has 0 saturated carbocycles. The normalized spacial score (nSPS) is 17.6. The lowest BCUT2D eigenvalue weighted by Gasteiger charge is -2.36. The van der Waals surface area contributed by atoms with E-state index in [2.05, 4.69) is 5.32 Å². The van der Waals surface area contributed by atoms with Crippen LogP contribution in [0.2, 0.25) is 0 Å². The van der Waals surface area contributed by atoms with Crippen LogP contribution in [0, 0.1) is 0 Å². The molecule has 0 aromatic heterocycles. The zero-order chi connectivity index (χ0) is 19.2. The summed E-state index contributed by atoms with van der Waals surface area (Å²) in [5.41, 5.74) is 0.886. The summed E-state index contributed by atoms with van der Waals surface area (Å²) in [5, 5.41) is 6.76. The Labute approximate surface area is 161 Å². The molecule has 11 heteroatoms. The molecular formula is C16H22ClF3N4O3. The van der Waals surface area contributed by atoms with Crippen molar-refractivity contribution in [2.75, 3.05) is 39.8 Å². The van der Waals surface area contributed by atoms with Gasteiger partial charge in [0.15, 0.2) is 0 Å². The molecule has 0 spiro atoms. The average Bonchev–Trinajstić information content (AvgIpc) is 2.60. The Kier molecular flexibility index (Phi) is 8.80. The third kappa shape index (κ3) is 7.24. The summed E-state index contributed by atoms with van der Waals surface area (Å²) in [6.07, 6.45) is -4.53. The second-order valence-electron chi connectivity index (χ2n) is 5.78. The topological polar surface area (TPSA) is 82.7 Å². The van der Waals surface area contributed by atoms with Crippen LogP contribution in [0.15, 0.2) is 24.3 Å². The fourth-order valence-corrected chi connectivity index (χ4v) is 2.76. The summed E-state index contributed by atoms with van der Waals surface area (Å²) < 4.78 is 41.6. The summed E-state index contributed by atoms with van der Waals surface area (Å²) in [4.78, 5) is 25.3. The van der Waals surface area contributed by atoms with Gasteiger partial charge in [0, 0.05) is 25.2 Å². The van der Waals surface area contributed by atoms with Crippen molar-refractivity contribution in [2.45, 2.75) is 12.2 Å². The number of hydrogen-bond donors (Lipinski definition) is 3. The van der Waals surface area contributed by atoms with Crippen molar-refractivity contribution in [3.05, 3.63) is 29.8 Å². The molecule has 0 aliphatic carbocycles. The molecule has 7 nitrogen and oxygen atoms in total. The Morgan fingerprint density at radius 1 is 1.33 bits per heavy atom. The summed E-state index contributed by atoms with van der Waals surface area (Å²) in [6.45, 7) is 0.154. The Morgan fingerprint density at radius 3 is 2.70 bits per heavy atom. The molecule has 0 bridgehead atoms. The maximum absolute atomic E-state index is 12.1. The van der Waals surface area contributed by atoms with E-state index < -0.39 is 24.7 Å². The number of methoxy groups -OCH3 is 1. The van der Waals surface area contributed by atoms with Crippen LogP contribution in [0.3, 0.4) is 0 Å². The lowest BCUT2D eigenvalue weighted by Crippen LogP contribution is -2.51. The second kappa shape index (κ2) is 10.3. The van der Waals surface area contributed by atoms with Crippen LogP contribution in [0.4, 0.5) is 18.0 Å². The highest BCUT2D eigenvalue weighted by Crippen LogP contribution is 2.29.